The van der Waals surface area contributed by atoms with Crippen LogP contribution in [0.5, 0.6) is 0 Å². The number of carboxylic acids is 2. The van der Waals surface area contributed by atoms with Gasteiger partial charge in [-0.3, -0.25) is 9.59 Å². The third-order valence-corrected chi connectivity index (χ3v) is 5.74. The lowest BCUT2D eigenvalue weighted by Gasteiger charge is -2.29. The number of carbonyl (C=O) groups excluding carboxylic acids is 2. The van der Waals surface area contributed by atoms with Crippen LogP contribution in [0.25, 0.3) is 0 Å². The second-order valence-electron chi connectivity index (χ2n) is 8.52. The van der Waals surface area contributed by atoms with E-state index in [4.69, 9.17) is 5.84 Å². The van der Waals surface area contributed by atoms with Gasteiger partial charge in [-0.2, -0.15) is 5.10 Å². The number of nitrogens with two attached hydrogens (primary N) is 1. The van der Waals surface area contributed by atoms with Gasteiger partial charge in [0.1, 0.15) is 12.1 Å². The number of aryl methyl sites for hydroxylation is 1. The van der Waals surface area contributed by atoms with Crippen LogP contribution < -0.4 is 16.5 Å². The number of amides is 3. The van der Waals surface area contributed by atoms with Crippen molar-refractivity contribution in [1.82, 2.24) is 15.5 Å². The molecule has 2 aromatic rings. The number of unbranched alkanes of at least 4 members (excludes halogenated alkanes) is 1. The lowest BCUT2D eigenvalue weighted by molar-refractivity contribution is -0.150. The number of hydrogen-bond acceptors (Lipinski definition) is 6. The maximum Gasteiger partial charge on any atom is 0.326 e. The van der Waals surface area contributed by atoms with Gasteiger partial charge in [-0.05, 0) is 36.0 Å². The smallest absolute Gasteiger partial charge is 0.326 e. The largest absolute Gasteiger partial charge is 0.481 e. The number of rotatable bonds is 14. The predicted molar refractivity (Wildman–Crippen MR) is 138 cm³/mol. The first-order valence-electron chi connectivity index (χ1n) is 11.8. The Morgan fingerprint density at radius 2 is 1.68 bits per heavy atom. The minimum Gasteiger partial charge on any atom is -0.481 e. The van der Waals surface area contributed by atoms with E-state index in [-0.39, 0.29) is 6.42 Å². The highest BCUT2D eigenvalue weighted by molar-refractivity contribution is 5.92. The SMILES string of the molecule is CN(C(=O)[C@H](CC(=O)O)NC(=O)NCCCCc1ccc(C=NN)cc1)[C@@H](Cc1ccccc1)C(=O)O. The highest BCUT2D eigenvalue weighted by Crippen LogP contribution is 2.11. The van der Waals surface area contributed by atoms with E-state index in [1.165, 1.54) is 7.05 Å². The van der Waals surface area contributed by atoms with Gasteiger partial charge in [0, 0.05) is 20.0 Å². The molecule has 198 valence electrons. The van der Waals surface area contributed by atoms with Gasteiger partial charge in [0.2, 0.25) is 5.91 Å². The van der Waals surface area contributed by atoms with E-state index in [0.717, 1.165) is 28.9 Å². The molecule has 0 bridgehead atoms. The number of urea groups is 1. The third-order valence-electron chi connectivity index (χ3n) is 5.74. The van der Waals surface area contributed by atoms with Crippen LogP contribution in [0.4, 0.5) is 4.79 Å². The zero-order valence-electron chi connectivity index (χ0n) is 20.7. The molecule has 11 heteroatoms. The van der Waals surface area contributed by atoms with Crippen molar-refractivity contribution in [1.29, 1.82) is 0 Å². The summed E-state index contributed by atoms with van der Waals surface area (Å²) in [6, 6.07) is 13.2. The number of likely N-dealkylation sites (N-methyl/N-ethyl adjacent to an activating group) is 1. The average molecular weight is 512 g/mol. The van der Waals surface area contributed by atoms with E-state index >= 15 is 0 Å². The number of nitrogens with zero attached hydrogens (tertiary/aromatic N) is 2. The first kappa shape index (κ1) is 28.8. The maximum atomic E-state index is 13.0. The predicted octanol–water partition coefficient (Wildman–Crippen LogP) is 1.60. The molecule has 0 radical (unpaired) electrons. The van der Waals surface area contributed by atoms with Crippen LogP contribution >= 0.6 is 0 Å². The summed E-state index contributed by atoms with van der Waals surface area (Å²) in [6.07, 6.45) is 3.16. The van der Waals surface area contributed by atoms with Crippen LogP contribution in [0.1, 0.15) is 36.0 Å². The van der Waals surface area contributed by atoms with E-state index in [1.54, 1.807) is 36.5 Å². The number of hydrazone groups is 1. The highest BCUT2D eigenvalue weighted by atomic mass is 16.4. The summed E-state index contributed by atoms with van der Waals surface area (Å²) >= 11 is 0. The average Bonchev–Trinajstić information content (AvgIpc) is 2.87. The molecule has 0 saturated carbocycles. The summed E-state index contributed by atoms with van der Waals surface area (Å²) < 4.78 is 0. The Morgan fingerprint density at radius 3 is 2.27 bits per heavy atom. The Hall–Kier alpha value is -4.41. The Bertz CT molecular complexity index is 1070. The molecule has 2 aromatic carbocycles. The van der Waals surface area contributed by atoms with E-state index < -0.39 is 42.4 Å². The lowest BCUT2D eigenvalue weighted by atomic mass is 10.0. The topological polar surface area (TPSA) is 174 Å². The molecule has 0 aliphatic rings. The van der Waals surface area contributed by atoms with Gasteiger partial charge in [-0.25, -0.2) is 9.59 Å². The van der Waals surface area contributed by atoms with Crippen LogP contribution in [-0.4, -0.2) is 70.9 Å². The summed E-state index contributed by atoms with van der Waals surface area (Å²) in [5.41, 5.74) is 2.73. The van der Waals surface area contributed by atoms with Gasteiger partial charge < -0.3 is 31.6 Å². The molecule has 0 spiro atoms. The molecule has 0 heterocycles. The molecule has 0 unspecified atom stereocenters. The number of nitrogens with one attached hydrogen (secondary N) is 2. The Labute approximate surface area is 215 Å². The van der Waals surface area contributed by atoms with Crippen molar-refractivity contribution < 1.29 is 29.4 Å². The molecule has 0 aliphatic carbocycles. The molecule has 0 fully saturated rings. The number of aliphatic carboxylic acids is 2. The van der Waals surface area contributed by atoms with Crippen molar-refractivity contribution in [2.75, 3.05) is 13.6 Å². The van der Waals surface area contributed by atoms with Gasteiger partial charge >= 0.3 is 18.0 Å². The lowest BCUT2D eigenvalue weighted by Crippen LogP contribution is -2.55. The number of carbonyl (C=O) groups is 4. The van der Waals surface area contributed by atoms with Gasteiger partial charge in [-0.15, -0.1) is 0 Å². The fraction of sp³-hybridized carbons (Fsp3) is 0.346. The molecule has 0 aromatic heterocycles. The van der Waals surface area contributed by atoms with Crippen molar-refractivity contribution in [3.63, 3.8) is 0 Å². The third kappa shape index (κ3) is 10.0. The summed E-state index contributed by atoms with van der Waals surface area (Å²) in [6.45, 7) is 0.319. The molecule has 0 saturated heterocycles. The minimum absolute atomic E-state index is 0.0355. The first-order chi connectivity index (χ1) is 17.7. The second kappa shape index (κ2) is 14.9. The maximum absolute atomic E-state index is 13.0. The van der Waals surface area contributed by atoms with Gasteiger partial charge in [-0.1, -0.05) is 54.6 Å². The van der Waals surface area contributed by atoms with Gasteiger partial charge in [0.25, 0.3) is 0 Å². The summed E-state index contributed by atoms with van der Waals surface area (Å²) in [5.74, 6) is 1.79. The molecular weight excluding hydrogens is 478 g/mol. The molecule has 11 nitrogen and oxygen atoms in total. The summed E-state index contributed by atoms with van der Waals surface area (Å²) in [5, 5.41) is 27.4. The van der Waals surface area contributed by atoms with Crippen LogP contribution in [0.3, 0.4) is 0 Å². The molecule has 6 N–H and O–H groups in total. The Morgan fingerprint density at radius 1 is 1.00 bits per heavy atom. The van der Waals surface area contributed by atoms with Crippen LogP contribution in [0.2, 0.25) is 0 Å². The summed E-state index contributed by atoms with van der Waals surface area (Å²) in [7, 11) is 1.29. The highest BCUT2D eigenvalue weighted by Gasteiger charge is 2.33. The van der Waals surface area contributed by atoms with Gasteiger partial charge in [0.15, 0.2) is 0 Å². The van der Waals surface area contributed by atoms with E-state index in [0.29, 0.717) is 18.5 Å². The van der Waals surface area contributed by atoms with E-state index in [2.05, 4.69) is 15.7 Å². The van der Waals surface area contributed by atoms with Crippen LogP contribution in [-0.2, 0) is 27.2 Å². The molecule has 37 heavy (non-hydrogen) atoms. The van der Waals surface area contributed by atoms with Crippen molar-refractivity contribution in [2.45, 2.75) is 44.2 Å². The molecule has 2 rings (SSSR count). The van der Waals surface area contributed by atoms with E-state index in [1.807, 2.05) is 24.3 Å². The first-order valence-corrected chi connectivity index (χ1v) is 11.8. The van der Waals surface area contributed by atoms with Crippen molar-refractivity contribution in [3.8, 4) is 0 Å². The van der Waals surface area contributed by atoms with Crippen molar-refractivity contribution in [3.05, 3.63) is 71.3 Å². The molecule has 2 atom stereocenters. The van der Waals surface area contributed by atoms with Crippen molar-refractivity contribution >= 4 is 30.1 Å². The fourth-order valence-corrected chi connectivity index (χ4v) is 3.72. The van der Waals surface area contributed by atoms with Gasteiger partial charge in [0.05, 0.1) is 12.6 Å². The molecule has 0 aliphatic heterocycles. The quantitative estimate of drug-likeness (QED) is 0.111. The number of carboxylic acid groups (broad SMARTS) is 2. The summed E-state index contributed by atoms with van der Waals surface area (Å²) in [4.78, 5) is 49.5. The number of benzene rings is 2. The number of hydrogen-bond donors (Lipinski definition) is 5. The van der Waals surface area contributed by atoms with Crippen LogP contribution in [0.15, 0.2) is 59.7 Å². The zero-order chi connectivity index (χ0) is 27.2. The second-order valence-corrected chi connectivity index (χ2v) is 8.52. The molecular formula is C26H33N5O6. The Kier molecular flexibility index (Phi) is 11.6. The fourth-order valence-electron chi connectivity index (χ4n) is 3.72. The van der Waals surface area contributed by atoms with E-state index in [9.17, 15) is 29.4 Å². The monoisotopic (exact) mass is 511 g/mol. The van der Waals surface area contributed by atoms with Crippen LogP contribution in [0, 0.1) is 0 Å². The zero-order valence-corrected chi connectivity index (χ0v) is 20.7. The Balaban J connectivity index is 1.88. The standard InChI is InChI=1S/C26H33N5O6/c1-31(22(25(35)36)15-19-8-3-2-4-9-19)24(34)21(16-23(32)33)30-26(37)28-14-6-5-7-18-10-12-20(13-11-18)17-29-27/h2-4,8-13,17,21-22H,5-7,14-16,27H2,1H3,(H,32,33)(H,35,36)(H2,28,30,37)/t21-,22-/m0/s1. The molecule has 3 amide bonds. The normalized spacial score (nSPS) is 12.5. The minimum atomic E-state index is -1.42. The van der Waals surface area contributed by atoms with Crippen molar-refractivity contribution in [2.24, 2.45) is 10.9 Å².